The van der Waals surface area contributed by atoms with Crippen molar-refractivity contribution in [2.75, 3.05) is 13.1 Å². The SMILES string of the molecule is CC1(C)C(CN2C(=O)CNC2c2ccc(Cl)cc2)C1(C)C. The van der Waals surface area contributed by atoms with Gasteiger partial charge in [-0.3, -0.25) is 10.1 Å². The van der Waals surface area contributed by atoms with Crippen molar-refractivity contribution >= 4 is 17.5 Å². The normalized spacial score (nSPS) is 27.2. The summed E-state index contributed by atoms with van der Waals surface area (Å²) >= 11 is 5.95. The number of halogens is 1. The molecule has 2 fully saturated rings. The van der Waals surface area contributed by atoms with Crippen molar-refractivity contribution in [1.29, 1.82) is 0 Å². The third-order valence-electron chi connectivity index (χ3n) is 5.96. The molecule has 1 saturated carbocycles. The van der Waals surface area contributed by atoms with E-state index in [2.05, 4.69) is 33.0 Å². The first-order valence-electron chi connectivity index (χ1n) is 7.53. The zero-order valence-corrected chi connectivity index (χ0v) is 13.9. The van der Waals surface area contributed by atoms with Crippen molar-refractivity contribution < 1.29 is 4.79 Å². The van der Waals surface area contributed by atoms with E-state index in [-0.39, 0.29) is 12.1 Å². The number of nitrogens with one attached hydrogen (secondary N) is 1. The summed E-state index contributed by atoms with van der Waals surface area (Å²) < 4.78 is 0. The molecule has 4 heteroatoms. The summed E-state index contributed by atoms with van der Waals surface area (Å²) in [6.45, 7) is 10.4. The maximum Gasteiger partial charge on any atom is 0.238 e. The van der Waals surface area contributed by atoms with E-state index in [9.17, 15) is 4.79 Å². The molecule has 0 spiro atoms. The lowest BCUT2D eigenvalue weighted by molar-refractivity contribution is -0.128. The van der Waals surface area contributed by atoms with Crippen molar-refractivity contribution in [1.82, 2.24) is 10.2 Å². The van der Waals surface area contributed by atoms with E-state index >= 15 is 0 Å². The van der Waals surface area contributed by atoms with E-state index < -0.39 is 0 Å². The summed E-state index contributed by atoms with van der Waals surface area (Å²) in [6.07, 6.45) is -0.0260. The number of nitrogens with zero attached hydrogens (tertiary/aromatic N) is 1. The average Bonchev–Trinajstić information content (AvgIpc) is 2.71. The molecule has 2 aliphatic rings. The number of rotatable bonds is 3. The first-order chi connectivity index (χ1) is 9.75. The molecule has 3 nitrogen and oxygen atoms in total. The fourth-order valence-electron chi connectivity index (χ4n) is 3.68. The van der Waals surface area contributed by atoms with Crippen LogP contribution in [0, 0.1) is 16.7 Å². The third-order valence-corrected chi connectivity index (χ3v) is 6.22. The molecule has 0 aromatic heterocycles. The second-order valence-electron chi connectivity index (χ2n) is 7.38. The molecule has 0 radical (unpaired) electrons. The van der Waals surface area contributed by atoms with Crippen LogP contribution in [0.1, 0.15) is 39.4 Å². The molecule has 1 aromatic rings. The molecule has 1 N–H and O–H groups in total. The van der Waals surface area contributed by atoms with Crippen molar-refractivity contribution in [3.8, 4) is 0 Å². The van der Waals surface area contributed by atoms with Crippen molar-refractivity contribution in [3.63, 3.8) is 0 Å². The summed E-state index contributed by atoms with van der Waals surface area (Å²) in [5.74, 6) is 0.733. The van der Waals surface area contributed by atoms with Crippen molar-refractivity contribution in [2.45, 2.75) is 33.9 Å². The highest BCUT2D eigenvalue weighted by atomic mass is 35.5. The Morgan fingerprint density at radius 1 is 1.19 bits per heavy atom. The number of carbonyl (C=O) groups excluding carboxylic acids is 1. The Bertz CT molecular complexity index is 551. The Labute approximate surface area is 131 Å². The number of benzene rings is 1. The van der Waals surface area contributed by atoms with Crippen LogP contribution < -0.4 is 5.32 Å². The lowest BCUT2D eigenvalue weighted by Gasteiger charge is -2.25. The van der Waals surface area contributed by atoms with E-state index in [0.29, 0.717) is 23.3 Å². The van der Waals surface area contributed by atoms with Crippen LogP contribution in [0.2, 0.25) is 5.02 Å². The molecule has 1 aliphatic carbocycles. The summed E-state index contributed by atoms with van der Waals surface area (Å²) in [7, 11) is 0. The summed E-state index contributed by atoms with van der Waals surface area (Å²) in [4.78, 5) is 14.2. The Balaban J connectivity index is 1.80. The molecule has 1 aliphatic heterocycles. The zero-order chi connectivity index (χ0) is 15.4. The topological polar surface area (TPSA) is 32.3 Å². The Morgan fingerprint density at radius 3 is 2.29 bits per heavy atom. The second kappa shape index (κ2) is 4.72. The van der Waals surface area contributed by atoms with Crippen LogP contribution in [0.3, 0.4) is 0 Å². The highest BCUT2D eigenvalue weighted by Crippen LogP contribution is 2.68. The Hall–Kier alpha value is -1.06. The molecule has 114 valence electrons. The van der Waals surface area contributed by atoms with Gasteiger partial charge in [0.25, 0.3) is 0 Å². The minimum Gasteiger partial charge on any atom is -0.321 e. The minimum absolute atomic E-state index is 0.0260. The molecular weight excluding hydrogens is 284 g/mol. The van der Waals surface area contributed by atoms with Gasteiger partial charge in [-0.2, -0.15) is 0 Å². The molecule has 1 aromatic carbocycles. The smallest absolute Gasteiger partial charge is 0.238 e. The second-order valence-corrected chi connectivity index (χ2v) is 7.81. The maximum absolute atomic E-state index is 12.2. The van der Waals surface area contributed by atoms with E-state index in [4.69, 9.17) is 11.6 Å². The number of hydrogen-bond acceptors (Lipinski definition) is 2. The largest absolute Gasteiger partial charge is 0.321 e. The van der Waals surface area contributed by atoms with Crippen molar-refractivity contribution in [3.05, 3.63) is 34.9 Å². The van der Waals surface area contributed by atoms with Crippen LogP contribution >= 0.6 is 11.6 Å². The molecular formula is C17H23ClN2O. The van der Waals surface area contributed by atoms with Gasteiger partial charge < -0.3 is 4.90 Å². The minimum atomic E-state index is -0.0260. The van der Waals surface area contributed by atoms with Gasteiger partial charge in [0.05, 0.1) is 6.54 Å². The number of carbonyl (C=O) groups is 1. The molecule has 1 heterocycles. The van der Waals surface area contributed by atoms with Gasteiger partial charge in [0.15, 0.2) is 0 Å². The lowest BCUT2D eigenvalue weighted by Crippen LogP contribution is -2.33. The predicted molar refractivity (Wildman–Crippen MR) is 85.0 cm³/mol. The molecule has 1 saturated heterocycles. The van der Waals surface area contributed by atoms with Crippen LogP contribution in [0.25, 0.3) is 0 Å². The molecule has 21 heavy (non-hydrogen) atoms. The summed E-state index contributed by atoms with van der Waals surface area (Å²) in [5.41, 5.74) is 1.68. The monoisotopic (exact) mass is 306 g/mol. The predicted octanol–water partition coefficient (Wildman–Crippen LogP) is 3.45. The third kappa shape index (κ3) is 2.27. The summed E-state index contributed by atoms with van der Waals surface area (Å²) in [5, 5.41) is 4.03. The molecule has 3 rings (SSSR count). The summed E-state index contributed by atoms with van der Waals surface area (Å²) in [6, 6.07) is 7.75. The maximum atomic E-state index is 12.2. The fraction of sp³-hybridized carbons (Fsp3) is 0.588. The van der Waals surface area contributed by atoms with Gasteiger partial charge in [-0.05, 0) is 34.4 Å². The quantitative estimate of drug-likeness (QED) is 0.927. The van der Waals surface area contributed by atoms with Gasteiger partial charge in [0.1, 0.15) is 6.17 Å². The van der Waals surface area contributed by atoms with Gasteiger partial charge >= 0.3 is 0 Å². The Morgan fingerprint density at radius 2 is 1.76 bits per heavy atom. The average molecular weight is 307 g/mol. The van der Waals surface area contributed by atoms with Crippen molar-refractivity contribution in [2.24, 2.45) is 16.7 Å². The Kier molecular flexibility index (Phi) is 3.34. The van der Waals surface area contributed by atoms with Crippen LogP contribution in [0.15, 0.2) is 24.3 Å². The van der Waals surface area contributed by atoms with Crippen LogP contribution in [0.4, 0.5) is 0 Å². The standard InChI is InChI=1S/C17H23ClN2O/c1-16(2)13(17(16,3)4)10-20-14(21)9-19-15(20)11-5-7-12(18)8-6-11/h5-8,13,15,19H,9-10H2,1-4H3. The molecule has 0 bridgehead atoms. The van der Waals surface area contributed by atoms with Crippen LogP contribution in [-0.2, 0) is 4.79 Å². The lowest BCUT2D eigenvalue weighted by atomic mass is 10.0. The first-order valence-corrected chi connectivity index (χ1v) is 7.91. The molecule has 1 unspecified atom stereocenters. The van der Waals surface area contributed by atoms with Gasteiger partial charge in [-0.15, -0.1) is 0 Å². The first kappa shape index (κ1) is 14.9. The van der Waals surface area contributed by atoms with Gasteiger partial charge in [-0.25, -0.2) is 0 Å². The number of hydrogen-bond donors (Lipinski definition) is 1. The van der Waals surface area contributed by atoms with Gasteiger partial charge in [0.2, 0.25) is 5.91 Å². The van der Waals surface area contributed by atoms with E-state index in [1.165, 1.54) is 0 Å². The van der Waals surface area contributed by atoms with Gasteiger partial charge in [0, 0.05) is 11.6 Å². The van der Waals surface area contributed by atoms with Crippen LogP contribution in [-0.4, -0.2) is 23.9 Å². The highest BCUT2D eigenvalue weighted by molar-refractivity contribution is 6.30. The van der Waals surface area contributed by atoms with Gasteiger partial charge in [-0.1, -0.05) is 51.4 Å². The van der Waals surface area contributed by atoms with E-state index in [1.807, 2.05) is 29.2 Å². The van der Waals surface area contributed by atoms with E-state index in [0.717, 1.165) is 17.1 Å². The molecule has 1 atom stereocenters. The molecule has 1 amide bonds. The van der Waals surface area contributed by atoms with E-state index in [1.54, 1.807) is 0 Å². The zero-order valence-electron chi connectivity index (χ0n) is 13.1. The fourth-order valence-corrected chi connectivity index (χ4v) is 3.80. The van der Waals surface area contributed by atoms with Crippen LogP contribution in [0.5, 0.6) is 0 Å². The number of amides is 1. The highest BCUT2D eigenvalue weighted by Gasteiger charge is 2.65.